The zero-order valence-corrected chi connectivity index (χ0v) is 8.33. The Kier molecular flexibility index (Phi) is 4.11. The Morgan fingerprint density at radius 3 is 2.86 bits per heavy atom. The van der Waals surface area contributed by atoms with Gasteiger partial charge in [-0.1, -0.05) is 18.2 Å². The molecule has 0 saturated carbocycles. The maximum absolute atomic E-state index is 12.1. The van der Waals surface area contributed by atoms with Gasteiger partial charge in [-0.05, 0) is 12.2 Å². The zero-order valence-electron chi connectivity index (χ0n) is 8.33. The smallest absolute Gasteiger partial charge is 0.107 e. The number of hydrogen-bond donors (Lipinski definition) is 1. The van der Waals surface area contributed by atoms with Crippen molar-refractivity contribution in [3.05, 3.63) is 36.1 Å². The lowest BCUT2D eigenvalue weighted by Crippen LogP contribution is -2.19. The molecule has 1 aliphatic rings. The molecule has 76 valence electrons. The second-order valence-electron chi connectivity index (χ2n) is 3.19. The first kappa shape index (κ1) is 10.7. The molecule has 0 radical (unpaired) electrons. The topological polar surface area (TPSA) is 27.1 Å². The summed E-state index contributed by atoms with van der Waals surface area (Å²) in [4.78, 5) is 1.85. The lowest BCUT2D eigenvalue weighted by Gasteiger charge is -2.19. The molecule has 0 saturated heterocycles. The van der Waals surface area contributed by atoms with E-state index >= 15 is 0 Å². The minimum absolute atomic E-state index is 0.352. The van der Waals surface area contributed by atoms with Crippen molar-refractivity contribution in [1.29, 1.82) is 5.41 Å². The van der Waals surface area contributed by atoms with Gasteiger partial charge in [-0.15, -0.1) is 0 Å². The number of hydrogen-bond acceptors (Lipinski definition) is 2. The van der Waals surface area contributed by atoms with Crippen LogP contribution in [0.15, 0.2) is 36.1 Å². The van der Waals surface area contributed by atoms with Crippen molar-refractivity contribution >= 4 is 5.71 Å². The molecule has 1 rings (SSSR count). The van der Waals surface area contributed by atoms with Crippen LogP contribution in [-0.4, -0.2) is 30.9 Å². The fourth-order valence-corrected chi connectivity index (χ4v) is 1.22. The molecule has 0 spiro atoms. The van der Waals surface area contributed by atoms with Crippen LogP contribution in [0.1, 0.15) is 6.42 Å². The van der Waals surface area contributed by atoms with Crippen LogP contribution < -0.4 is 0 Å². The van der Waals surface area contributed by atoms with Crippen molar-refractivity contribution in [2.24, 2.45) is 0 Å². The molecule has 0 aromatic rings. The number of nitrogens with zero attached hydrogens (tertiary/aromatic N) is 1. The summed E-state index contributed by atoms with van der Waals surface area (Å²) >= 11 is 0. The van der Waals surface area contributed by atoms with Crippen molar-refractivity contribution in [2.45, 2.75) is 6.42 Å². The number of rotatable bonds is 3. The Balaban J connectivity index is 2.72. The third-order valence-corrected chi connectivity index (χ3v) is 2.07. The van der Waals surface area contributed by atoms with E-state index in [1.54, 1.807) is 6.08 Å². The van der Waals surface area contributed by atoms with Crippen LogP contribution in [0.3, 0.4) is 0 Å². The van der Waals surface area contributed by atoms with Crippen molar-refractivity contribution in [1.82, 2.24) is 4.90 Å². The van der Waals surface area contributed by atoms with Crippen LogP contribution >= 0.6 is 0 Å². The highest BCUT2D eigenvalue weighted by atomic mass is 19.1. The number of likely N-dealkylation sites (N-methyl/N-ethyl adjacent to an activating group) is 1. The molecule has 0 fully saturated rings. The van der Waals surface area contributed by atoms with Crippen molar-refractivity contribution < 1.29 is 4.39 Å². The van der Waals surface area contributed by atoms with Crippen molar-refractivity contribution in [3.8, 4) is 0 Å². The minimum Gasteiger partial charge on any atom is -0.372 e. The Labute approximate surface area is 83.9 Å². The van der Waals surface area contributed by atoms with Crippen LogP contribution in [0.2, 0.25) is 0 Å². The fraction of sp³-hybridized carbons (Fsp3) is 0.364. The van der Waals surface area contributed by atoms with Gasteiger partial charge >= 0.3 is 0 Å². The second kappa shape index (κ2) is 5.37. The largest absolute Gasteiger partial charge is 0.372 e. The summed E-state index contributed by atoms with van der Waals surface area (Å²) in [6, 6.07) is 0. The van der Waals surface area contributed by atoms with E-state index in [1.807, 2.05) is 36.3 Å². The van der Waals surface area contributed by atoms with Crippen molar-refractivity contribution in [2.75, 3.05) is 20.3 Å². The molecule has 0 heterocycles. The van der Waals surface area contributed by atoms with Gasteiger partial charge in [0.15, 0.2) is 0 Å². The first-order valence-corrected chi connectivity index (χ1v) is 4.63. The lowest BCUT2D eigenvalue weighted by atomic mass is 10.1. The van der Waals surface area contributed by atoms with Crippen LogP contribution in [0, 0.1) is 5.41 Å². The van der Waals surface area contributed by atoms with E-state index in [9.17, 15) is 4.39 Å². The van der Waals surface area contributed by atoms with Gasteiger partial charge in [0.2, 0.25) is 0 Å². The van der Waals surface area contributed by atoms with Gasteiger partial charge in [0, 0.05) is 31.4 Å². The van der Waals surface area contributed by atoms with Crippen LogP contribution in [0.25, 0.3) is 0 Å². The molecule has 0 unspecified atom stereocenters. The molecule has 0 aromatic heterocycles. The van der Waals surface area contributed by atoms with E-state index in [2.05, 4.69) is 0 Å². The first-order valence-electron chi connectivity index (χ1n) is 4.63. The summed E-state index contributed by atoms with van der Waals surface area (Å²) in [6.45, 7) is 0.0438. The molecule has 2 nitrogen and oxygen atoms in total. The van der Waals surface area contributed by atoms with Crippen LogP contribution in [0.5, 0.6) is 0 Å². The van der Waals surface area contributed by atoms with E-state index in [0.717, 1.165) is 5.70 Å². The van der Waals surface area contributed by atoms with Crippen LogP contribution in [0.4, 0.5) is 4.39 Å². The Bertz CT molecular complexity index is 290. The van der Waals surface area contributed by atoms with E-state index in [-0.39, 0.29) is 6.67 Å². The molecule has 0 bridgehead atoms. The van der Waals surface area contributed by atoms with Gasteiger partial charge in [-0.2, -0.15) is 0 Å². The highest BCUT2D eigenvalue weighted by molar-refractivity contribution is 5.93. The highest BCUT2D eigenvalue weighted by Gasteiger charge is 2.01. The number of allylic oxidation sites excluding steroid dienone is 5. The predicted molar refractivity (Wildman–Crippen MR) is 57.3 cm³/mol. The third kappa shape index (κ3) is 3.17. The van der Waals surface area contributed by atoms with Gasteiger partial charge in [-0.25, -0.2) is 4.39 Å². The molecule has 0 atom stereocenters. The minimum atomic E-state index is -0.352. The van der Waals surface area contributed by atoms with Gasteiger partial charge < -0.3 is 10.3 Å². The summed E-state index contributed by atoms with van der Waals surface area (Å²) in [5.74, 6) is 0. The standard InChI is InChI=1S/C11H15FN2/c1-14(9-8-12)11-5-3-2-4-10(13)6-7-11/h2-5,7,13H,6,8-9H2,1H3/b4-2-,5-3+,11-7+,13-10?. The molecule has 1 aliphatic carbocycles. The van der Waals surface area contributed by atoms with E-state index < -0.39 is 0 Å². The molecule has 0 aromatic carbocycles. The van der Waals surface area contributed by atoms with Crippen LogP contribution in [-0.2, 0) is 0 Å². The zero-order chi connectivity index (χ0) is 10.4. The van der Waals surface area contributed by atoms with Gasteiger partial charge in [0.05, 0.1) is 0 Å². The van der Waals surface area contributed by atoms with Gasteiger partial charge in [0.1, 0.15) is 6.67 Å². The number of alkyl halides is 1. The molecule has 0 aliphatic heterocycles. The predicted octanol–water partition coefficient (Wildman–Crippen LogP) is 2.31. The summed E-state index contributed by atoms with van der Waals surface area (Å²) in [7, 11) is 1.85. The Morgan fingerprint density at radius 1 is 1.43 bits per heavy atom. The van der Waals surface area contributed by atoms with Crippen molar-refractivity contribution in [3.63, 3.8) is 0 Å². The molecular weight excluding hydrogens is 179 g/mol. The van der Waals surface area contributed by atoms with E-state index in [0.29, 0.717) is 18.7 Å². The second-order valence-corrected chi connectivity index (χ2v) is 3.19. The normalized spacial score (nSPS) is 24.4. The maximum atomic E-state index is 12.1. The quantitative estimate of drug-likeness (QED) is 0.733. The Morgan fingerprint density at radius 2 is 2.14 bits per heavy atom. The average molecular weight is 194 g/mol. The highest BCUT2D eigenvalue weighted by Crippen LogP contribution is 2.08. The third-order valence-electron chi connectivity index (χ3n) is 2.07. The first-order chi connectivity index (χ1) is 6.74. The van der Waals surface area contributed by atoms with Gasteiger partial charge in [0.25, 0.3) is 0 Å². The lowest BCUT2D eigenvalue weighted by molar-refractivity contribution is 0.357. The molecule has 1 N–H and O–H groups in total. The summed E-state index contributed by atoms with van der Waals surface area (Å²) in [5, 5.41) is 7.50. The molecule has 3 heteroatoms. The number of nitrogens with one attached hydrogen (secondary N) is 1. The molecular formula is C11H15FN2. The summed E-state index contributed by atoms with van der Waals surface area (Å²) in [6.07, 6.45) is 9.94. The van der Waals surface area contributed by atoms with E-state index in [4.69, 9.17) is 5.41 Å². The number of halogens is 1. The SMILES string of the molecule is CN(CCF)C1=C\CC(=N)\C=C/C=C/1. The Hall–Kier alpha value is -1.38. The summed E-state index contributed by atoms with van der Waals surface area (Å²) in [5.41, 5.74) is 1.54. The average Bonchev–Trinajstić information content (AvgIpc) is 2.12. The summed E-state index contributed by atoms with van der Waals surface area (Å²) < 4.78 is 12.1. The van der Waals surface area contributed by atoms with E-state index in [1.165, 1.54) is 0 Å². The fourth-order valence-electron chi connectivity index (χ4n) is 1.22. The molecule has 14 heavy (non-hydrogen) atoms. The maximum Gasteiger partial charge on any atom is 0.107 e. The van der Waals surface area contributed by atoms with Gasteiger partial charge in [-0.3, -0.25) is 0 Å². The molecule has 0 amide bonds. The monoisotopic (exact) mass is 194 g/mol.